The minimum absolute atomic E-state index is 0.143. The van der Waals surface area contributed by atoms with E-state index in [9.17, 15) is 18.4 Å². The van der Waals surface area contributed by atoms with Gasteiger partial charge in [0.15, 0.2) is 0 Å². The zero-order valence-electron chi connectivity index (χ0n) is 12.9. The molecule has 1 N–H and O–H groups in total. The molecule has 0 radical (unpaired) electrons. The van der Waals surface area contributed by atoms with Gasteiger partial charge >= 0.3 is 0 Å². The Balaban J connectivity index is 2.10. The molecule has 2 amide bonds. The van der Waals surface area contributed by atoms with Crippen LogP contribution >= 0.6 is 11.6 Å². The van der Waals surface area contributed by atoms with Crippen LogP contribution in [0.15, 0.2) is 42.5 Å². The summed E-state index contributed by atoms with van der Waals surface area (Å²) in [4.78, 5) is 24.5. The Bertz CT molecular complexity index is 748. The maximum Gasteiger partial charge on any atom is 0.240 e. The number of nitrogens with one attached hydrogen (secondary N) is 1. The van der Waals surface area contributed by atoms with Crippen LogP contribution in [0.5, 0.6) is 0 Å². The summed E-state index contributed by atoms with van der Waals surface area (Å²) in [6.07, 6.45) is 0. The largest absolute Gasteiger partial charge is 0.350 e. The lowest BCUT2D eigenvalue weighted by atomic mass is 10.2. The van der Waals surface area contributed by atoms with Crippen LogP contribution in [0.2, 0.25) is 5.02 Å². The van der Waals surface area contributed by atoms with Crippen LogP contribution in [0.4, 0.5) is 14.5 Å². The molecule has 0 bridgehead atoms. The Labute approximate surface area is 143 Å². The van der Waals surface area contributed by atoms with Crippen molar-refractivity contribution in [2.24, 2.45) is 0 Å². The third kappa shape index (κ3) is 4.29. The maximum atomic E-state index is 13.8. The molecule has 4 nitrogen and oxygen atoms in total. The molecule has 0 atom stereocenters. The van der Waals surface area contributed by atoms with Gasteiger partial charge < -0.3 is 5.32 Å². The predicted molar refractivity (Wildman–Crippen MR) is 87.7 cm³/mol. The zero-order chi connectivity index (χ0) is 17.7. The van der Waals surface area contributed by atoms with Crippen LogP contribution in [0.25, 0.3) is 0 Å². The third-order valence-corrected chi connectivity index (χ3v) is 3.69. The Kier molecular flexibility index (Phi) is 5.87. The summed E-state index contributed by atoms with van der Waals surface area (Å²) in [5, 5.41) is 3.06. The SMILES string of the molecule is CC(=O)N(CC(=O)NCc1ccccc1Cl)c1c(F)cccc1F. The Morgan fingerprint density at radius 1 is 1.08 bits per heavy atom. The standard InChI is InChI=1S/C17H15ClF2N2O2/c1-11(23)22(17-14(19)7-4-8-15(17)20)10-16(24)21-9-12-5-2-3-6-13(12)18/h2-8H,9-10H2,1H3,(H,21,24). The number of amides is 2. The van der Waals surface area contributed by atoms with Crippen LogP contribution < -0.4 is 10.2 Å². The van der Waals surface area contributed by atoms with E-state index < -0.39 is 35.7 Å². The second kappa shape index (κ2) is 7.88. The van der Waals surface area contributed by atoms with Crippen LogP contribution in [-0.4, -0.2) is 18.4 Å². The maximum absolute atomic E-state index is 13.8. The molecule has 0 aliphatic carbocycles. The Hall–Kier alpha value is -2.47. The Morgan fingerprint density at radius 2 is 1.71 bits per heavy atom. The molecule has 7 heteroatoms. The molecule has 0 saturated heterocycles. The molecule has 0 spiro atoms. The van der Waals surface area contributed by atoms with Crippen LogP contribution in [-0.2, 0) is 16.1 Å². The number of halogens is 3. The second-order valence-electron chi connectivity index (χ2n) is 5.04. The van der Waals surface area contributed by atoms with Gasteiger partial charge in [0.25, 0.3) is 0 Å². The van der Waals surface area contributed by atoms with Crippen LogP contribution in [0.1, 0.15) is 12.5 Å². The fourth-order valence-corrected chi connectivity index (χ4v) is 2.33. The number of anilines is 1. The van der Waals surface area contributed by atoms with E-state index in [1.807, 2.05) is 0 Å². The first kappa shape index (κ1) is 17.9. The summed E-state index contributed by atoms with van der Waals surface area (Å²) in [5.41, 5.74) is 0.150. The van der Waals surface area contributed by atoms with Gasteiger partial charge in [-0.2, -0.15) is 0 Å². The summed E-state index contributed by atoms with van der Waals surface area (Å²) in [5.74, 6) is -3.03. The zero-order valence-corrected chi connectivity index (χ0v) is 13.6. The highest BCUT2D eigenvalue weighted by molar-refractivity contribution is 6.31. The minimum atomic E-state index is -0.913. The van der Waals surface area contributed by atoms with E-state index in [0.29, 0.717) is 10.6 Å². The van der Waals surface area contributed by atoms with Crippen molar-refractivity contribution < 1.29 is 18.4 Å². The molecular formula is C17H15ClF2N2O2. The molecule has 2 rings (SSSR count). The number of carbonyl (C=O) groups excluding carboxylic acids is 2. The molecular weight excluding hydrogens is 338 g/mol. The second-order valence-corrected chi connectivity index (χ2v) is 5.45. The lowest BCUT2D eigenvalue weighted by molar-refractivity contribution is -0.123. The topological polar surface area (TPSA) is 49.4 Å². The number of benzene rings is 2. The van der Waals surface area contributed by atoms with Crippen LogP contribution in [0.3, 0.4) is 0 Å². The van der Waals surface area contributed by atoms with E-state index >= 15 is 0 Å². The fourth-order valence-electron chi connectivity index (χ4n) is 2.13. The smallest absolute Gasteiger partial charge is 0.240 e. The van der Waals surface area contributed by atoms with E-state index in [1.165, 1.54) is 6.07 Å². The van der Waals surface area contributed by atoms with Gasteiger partial charge in [0, 0.05) is 18.5 Å². The van der Waals surface area contributed by atoms with E-state index in [0.717, 1.165) is 24.0 Å². The van der Waals surface area contributed by atoms with Gasteiger partial charge in [-0.05, 0) is 23.8 Å². The Morgan fingerprint density at radius 3 is 2.29 bits per heavy atom. The highest BCUT2D eigenvalue weighted by atomic mass is 35.5. The van der Waals surface area contributed by atoms with Gasteiger partial charge in [-0.15, -0.1) is 0 Å². The highest BCUT2D eigenvalue weighted by Gasteiger charge is 2.22. The molecule has 126 valence electrons. The average molecular weight is 353 g/mol. The monoisotopic (exact) mass is 352 g/mol. The first-order valence-electron chi connectivity index (χ1n) is 7.12. The molecule has 0 aliphatic heterocycles. The van der Waals surface area contributed by atoms with Crippen molar-refractivity contribution in [2.45, 2.75) is 13.5 Å². The summed E-state index contributed by atoms with van der Waals surface area (Å²) in [6, 6.07) is 10.2. The third-order valence-electron chi connectivity index (χ3n) is 3.32. The van der Waals surface area contributed by atoms with E-state index in [1.54, 1.807) is 24.3 Å². The van der Waals surface area contributed by atoms with Gasteiger partial charge in [0.2, 0.25) is 11.8 Å². The number of nitrogens with zero attached hydrogens (tertiary/aromatic N) is 1. The molecule has 2 aromatic carbocycles. The summed E-state index contributed by atoms with van der Waals surface area (Å²) in [7, 11) is 0. The quantitative estimate of drug-likeness (QED) is 0.897. The predicted octanol–water partition coefficient (Wildman–Crippen LogP) is 3.29. The molecule has 0 aromatic heterocycles. The molecule has 0 heterocycles. The highest BCUT2D eigenvalue weighted by Crippen LogP contribution is 2.23. The van der Waals surface area contributed by atoms with Gasteiger partial charge in [-0.3, -0.25) is 14.5 Å². The fraction of sp³-hybridized carbons (Fsp3) is 0.176. The summed E-state index contributed by atoms with van der Waals surface area (Å²) < 4.78 is 27.7. The van der Waals surface area contributed by atoms with Crippen molar-refractivity contribution in [1.82, 2.24) is 5.32 Å². The van der Waals surface area contributed by atoms with Crippen molar-refractivity contribution in [2.75, 3.05) is 11.4 Å². The number of para-hydroxylation sites is 1. The molecule has 0 unspecified atom stereocenters. The molecule has 24 heavy (non-hydrogen) atoms. The molecule has 0 fully saturated rings. The normalized spacial score (nSPS) is 10.3. The number of hydrogen-bond acceptors (Lipinski definition) is 2. The molecule has 0 aliphatic rings. The van der Waals surface area contributed by atoms with Crippen molar-refractivity contribution in [3.8, 4) is 0 Å². The van der Waals surface area contributed by atoms with Gasteiger partial charge in [0.05, 0.1) is 0 Å². The summed E-state index contributed by atoms with van der Waals surface area (Å²) >= 11 is 5.99. The van der Waals surface area contributed by atoms with Crippen molar-refractivity contribution in [3.63, 3.8) is 0 Å². The number of carbonyl (C=O) groups is 2. The van der Waals surface area contributed by atoms with E-state index in [2.05, 4.69) is 5.32 Å². The lowest BCUT2D eigenvalue weighted by Crippen LogP contribution is -2.40. The molecule has 0 saturated carbocycles. The lowest BCUT2D eigenvalue weighted by Gasteiger charge is -2.21. The van der Waals surface area contributed by atoms with E-state index in [-0.39, 0.29) is 6.54 Å². The van der Waals surface area contributed by atoms with Crippen molar-refractivity contribution in [1.29, 1.82) is 0 Å². The van der Waals surface area contributed by atoms with Crippen molar-refractivity contribution >= 4 is 29.1 Å². The number of rotatable bonds is 5. The first-order valence-corrected chi connectivity index (χ1v) is 7.50. The van der Waals surface area contributed by atoms with Crippen molar-refractivity contribution in [3.05, 3.63) is 64.7 Å². The van der Waals surface area contributed by atoms with Crippen LogP contribution in [0, 0.1) is 11.6 Å². The van der Waals surface area contributed by atoms with E-state index in [4.69, 9.17) is 11.6 Å². The van der Waals surface area contributed by atoms with Gasteiger partial charge in [-0.1, -0.05) is 35.9 Å². The minimum Gasteiger partial charge on any atom is -0.350 e. The first-order chi connectivity index (χ1) is 11.4. The van der Waals surface area contributed by atoms with Gasteiger partial charge in [-0.25, -0.2) is 8.78 Å². The summed E-state index contributed by atoms with van der Waals surface area (Å²) in [6.45, 7) is 0.773. The molecule has 2 aromatic rings. The van der Waals surface area contributed by atoms with Gasteiger partial charge in [0.1, 0.15) is 23.9 Å². The average Bonchev–Trinajstić information content (AvgIpc) is 2.52. The number of hydrogen-bond donors (Lipinski definition) is 1.